The number of guanidine groups is 1. The molecule has 0 fully saturated rings. The van der Waals surface area contributed by atoms with E-state index in [2.05, 4.69) is 47.1 Å². The highest BCUT2D eigenvalue weighted by atomic mass is 19.1. The van der Waals surface area contributed by atoms with Crippen molar-refractivity contribution in [1.82, 2.24) is 19.9 Å². The van der Waals surface area contributed by atoms with Gasteiger partial charge in [0.2, 0.25) is 0 Å². The van der Waals surface area contributed by atoms with Crippen LogP contribution in [0.1, 0.15) is 83.2 Å². The van der Waals surface area contributed by atoms with E-state index < -0.39 is 0 Å². The summed E-state index contributed by atoms with van der Waals surface area (Å²) in [5, 5.41) is 4.27. The Kier molecular flexibility index (Phi) is 12.5. The molecule has 4 aromatic rings. The molecular formula is C35H51FN8O. The fourth-order valence-corrected chi connectivity index (χ4v) is 4.81. The van der Waals surface area contributed by atoms with Crippen molar-refractivity contribution in [3.63, 3.8) is 0 Å². The number of nitrogens with one attached hydrogen (secondary N) is 2. The van der Waals surface area contributed by atoms with Crippen molar-refractivity contribution in [2.75, 3.05) is 19.6 Å². The number of halogens is 1. The van der Waals surface area contributed by atoms with Crippen LogP contribution in [0.2, 0.25) is 0 Å². The van der Waals surface area contributed by atoms with Crippen LogP contribution in [0.5, 0.6) is 0 Å². The van der Waals surface area contributed by atoms with Gasteiger partial charge in [-0.1, -0.05) is 71.9 Å². The topological polar surface area (TPSA) is 153 Å². The van der Waals surface area contributed by atoms with Gasteiger partial charge in [0, 0.05) is 35.8 Å². The number of aromatic nitrogens is 3. The molecule has 0 aliphatic carbocycles. The maximum absolute atomic E-state index is 14.2. The molecule has 0 radical (unpaired) electrons. The molecule has 0 bridgehead atoms. The first-order chi connectivity index (χ1) is 21.2. The molecule has 0 amide bonds. The molecule has 8 N–H and O–H groups in total. The third-order valence-corrected chi connectivity index (χ3v) is 7.45. The quantitative estimate of drug-likeness (QED) is 0.0888. The molecule has 2 aromatic heterocycles. The van der Waals surface area contributed by atoms with E-state index in [0.717, 1.165) is 72.2 Å². The molecule has 10 heteroatoms. The monoisotopic (exact) mass is 618 g/mol. The van der Waals surface area contributed by atoms with Gasteiger partial charge in [-0.15, -0.1) is 0 Å². The zero-order valence-corrected chi connectivity index (χ0v) is 27.7. The molecule has 0 unspecified atom stereocenters. The van der Waals surface area contributed by atoms with E-state index in [1.165, 1.54) is 0 Å². The summed E-state index contributed by atoms with van der Waals surface area (Å²) in [5.74, 6) is 0.0878. The van der Waals surface area contributed by atoms with Gasteiger partial charge in [0.15, 0.2) is 5.96 Å². The summed E-state index contributed by atoms with van der Waals surface area (Å²) in [5.41, 5.74) is 20.8. The van der Waals surface area contributed by atoms with Crippen LogP contribution in [0, 0.1) is 5.82 Å². The predicted octanol–water partition coefficient (Wildman–Crippen LogP) is 5.17. The lowest BCUT2D eigenvalue weighted by molar-refractivity contribution is 0.513. The molecule has 9 nitrogen and oxygen atoms in total. The number of aryl methyl sites for hydroxylation is 1. The van der Waals surface area contributed by atoms with E-state index in [-0.39, 0.29) is 28.3 Å². The van der Waals surface area contributed by atoms with Crippen molar-refractivity contribution in [2.24, 2.45) is 22.2 Å². The Bertz CT molecular complexity index is 1600. The Morgan fingerprint density at radius 2 is 1.71 bits per heavy atom. The molecule has 0 atom stereocenters. The third kappa shape index (κ3) is 10.5. The summed E-state index contributed by atoms with van der Waals surface area (Å²) < 4.78 is 15.7. The van der Waals surface area contributed by atoms with Gasteiger partial charge in [-0.25, -0.2) is 9.18 Å². The molecule has 244 valence electrons. The van der Waals surface area contributed by atoms with E-state index in [9.17, 15) is 9.18 Å². The van der Waals surface area contributed by atoms with Gasteiger partial charge in [-0.3, -0.25) is 9.56 Å². The minimum atomic E-state index is -0.301. The van der Waals surface area contributed by atoms with Crippen molar-refractivity contribution in [3.8, 4) is 5.69 Å². The number of fused-ring (bicyclic) bond motifs is 1. The van der Waals surface area contributed by atoms with Crippen LogP contribution >= 0.6 is 0 Å². The van der Waals surface area contributed by atoms with Crippen LogP contribution in [0.3, 0.4) is 0 Å². The molecule has 4 rings (SSSR count). The number of hydrogen-bond acceptors (Lipinski definition) is 5. The zero-order valence-electron chi connectivity index (χ0n) is 27.7. The molecule has 0 spiro atoms. The second-order valence-corrected chi connectivity index (χ2v) is 13.4. The van der Waals surface area contributed by atoms with E-state index in [0.29, 0.717) is 18.7 Å². The Labute approximate surface area is 266 Å². The van der Waals surface area contributed by atoms with Crippen molar-refractivity contribution < 1.29 is 4.39 Å². The van der Waals surface area contributed by atoms with Crippen molar-refractivity contribution in [3.05, 3.63) is 93.4 Å². The normalized spacial score (nSPS) is 11.7. The Balaban J connectivity index is 0.000000292. The number of benzene rings is 2. The fraction of sp³-hybridized carbons (Fsp3) is 0.457. The fourth-order valence-electron chi connectivity index (χ4n) is 4.81. The van der Waals surface area contributed by atoms with Gasteiger partial charge < -0.3 is 27.5 Å². The average molecular weight is 619 g/mol. The SMILES string of the molecule is CC(C)(C)c1cc2cn(-c3ccc(CNCCCN=C(N)N)cc3)c(=O)nc2[nH]1.CC(C)(C)c1cccc(CCCCN)c1F. The Hall–Kier alpha value is -4.02. The van der Waals surface area contributed by atoms with E-state index in [1.54, 1.807) is 4.57 Å². The number of hydrogen-bond donors (Lipinski definition) is 5. The number of nitrogens with two attached hydrogens (primary N) is 3. The summed E-state index contributed by atoms with van der Waals surface area (Å²) in [6.45, 7) is 15.3. The van der Waals surface area contributed by atoms with Crippen LogP contribution in [-0.2, 0) is 23.8 Å². The number of rotatable bonds is 11. The van der Waals surface area contributed by atoms with Crippen LogP contribution in [-0.4, -0.2) is 40.1 Å². The lowest BCUT2D eigenvalue weighted by Gasteiger charge is -2.21. The van der Waals surface area contributed by atoms with Crippen molar-refractivity contribution >= 4 is 17.0 Å². The van der Waals surface area contributed by atoms with Gasteiger partial charge in [0.25, 0.3) is 0 Å². The molecular weight excluding hydrogens is 567 g/mol. The largest absolute Gasteiger partial charge is 0.370 e. The molecule has 2 heterocycles. The maximum Gasteiger partial charge on any atom is 0.354 e. The van der Waals surface area contributed by atoms with Gasteiger partial charge in [-0.05, 0) is 79.1 Å². The summed E-state index contributed by atoms with van der Waals surface area (Å²) >= 11 is 0. The number of nitrogens with zero attached hydrogens (tertiary/aromatic N) is 3. The lowest BCUT2D eigenvalue weighted by Crippen LogP contribution is -2.23. The van der Waals surface area contributed by atoms with E-state index in [1.807, 2.05) is 69.4 Å². The van der Waals surface area contributed by atoms with E-state index in [4.69, 9.17) is 17.2 Å². The second-order valence-electron chi connectivity index (χ2n) is 13.4. The first kappa shape index (κ1) is 35.5. The number of unbranched alkanes of at least 4 members (excludes halogenated alkanes) is 1. The third-order valence-electron chi connectivity index (χ3n) is 7.45. The Morgan fingerprint density at radius 1 is 1.00 bits per heavy atom. The van der Waals surface area contributed by atoms with Crippen molar-refractivity contribution in [2.45, 2.75) is 84.6 Å². The summed E-state index contributed by atoms with van der Waals surface area (Å²) in [6, 6.07) is 15.6. The molecule has 0 aliphatic rings. The highest BCUT2D eigenvalue weighted by Crippen LogP contribution is 2.27. The smallest absolute Gasteiger partial charge is 0.354 e. The standard InChI is InChI=1S/C21H29N7O.C14H22FN/c1-21(2,3)17-11-15-13-28(20(29)27-18(15)26-17)16-7-5-14(6-8-16)12-24-9-4-10-25-19(22)23;1-14(2,3)12-9-6-8-11(13(12)15)7-4-5-10-16/h5-8,11,13,24H,4,9-10,12H2,1-3H3,(H4,22,23,25)(H,26,27,29);6,8-9H,4-5,7,10,16H2,1-3H3. The minimum absolute atomic E-state index is 0.0352. The first-order valence-corrected chi connectivity index (χ1v) is 15.7. The van der Waals surface area contributed by atoms with Gasteiger partial charge in [0.1, 0.15) is 11.5 Å². The van der Waals surface area contributed by atoms with E-state index >= 15 is 0 Å². The molecule has 0 saturated carbocycles. The Morgan fingerprint density at radius 3 is 2.33 bits per heavy atom. The molecule has 0 saturated heterocycles. The van der Waals surface area contributed by atoms with Crippen LogP contribution in [0.4, 0.5) is 4.39 Å². The predicted molar refractivity (Wildman–Crippen MR) is 184 cm³/mol. The molecule has 2 aromatic carbocycles. The zero-order chi connectivity index (χ0) is 33.2. The van der Waals surface area contributed by atoms with Gasteiger partial charge >= 0.3 is 5.69 Å². The van der Waals surface area contributed by atoms with Crippen LogP contribution in [0.25, 0.3) is 16.7 Å². The number of H-pyrrole nitrogens is 1. The second kappa shape index (κ2) is 15.8. The van der Waals surface area contributed by atoms with Gasteiger partial charge in [-0.2, -0.15) is 4.98 Å². The number of aliphatic imine (C=N–C) groups is 1. The van der Waals surface area contributed by atoms with Gasteiger partial charge in [0.05, 0.1) is 5.69 Å². The lowest BCUT2D eigenvalue weighted by atomic mass is 9.85. The average Bonchev–Trinajstić information content (AvgIpc) is 3.39. The summed E-state index contributed by atoms with van der Waals surface area (Å²) in [6.07, 6.45) is 5.41. The molecule has 45 heavy (non-hydrogen) atoms. The van der Waals surface area contributed by atoms with Crippen LogP contribution in [0.15, 0.2) is 64.5 Å². The minimum Gasteiger partial charge on any atom is -0.370 e. The summed E-state index contributed by atoms with van der Waals surface area (Å²) in [7, 11) is 0. The molecule has 0 aliphatic heterocycles. The first-order valence-electron chi connectivity index (χ1n) is 15.7. The van der Waals surface area contributed by atoms with Crippen molar-refractivity contribution in [1.29, 1.82) is 0 Å². The maximum atomic E-state index is 14.2. The highest BCUT2D eigenvalue weighted by molar-refractivity contribution is 5.76. The van der Waals surface area contributed by atoms with Crippen LogP contribution < -0.4 is 28.2 Å². The number of aromatic amines is 1. The summed E-state index contributed by atoms with van der Waals surface area (Å²) in [4.78, 5) is 23.9. The highest BCUT2D eigenvalue weighted by Gasteiger charge is 2.20.